The summed E-state index contributed by atoms with van der Waals surface area (Å²) in [6.07, 6.45) is 5.82. The maximum Gasteiger partial charge on any atom is 0.307 e. The summed E-state index contributed by atoms with van der Waals surface area (Å²) >= 11 is 0. The van der Waals surface area contributed by atoms with Gasteiger partial charge in [-0.15, -0.1) is 0 Å². The van der Waals surface area contributed by atoms with Crippen molar-refractivity contribution in [3.05, 3.63) is 35.9 Å². The van der Waals surface area contributed by atoms with E-state index < -0.39 is 5.97 Å². The van der Waals surface area contributed by atoms with Crippen LogP contribution in [-0.2, 0) is 11.2 Å². The van der Waals surface area contributed by atoms with Gasteiger partial charge in [0.2, 0.25) is 0 Å². The summed E-state index contributed by atoms with van der Waals surface area (Å²) in [6, 6.07) is 9.35. The molecule has 2 N–H and O–H groups in total. The zero-order chi connectivity index (χ0) is 22.7. The second-order valence-electron chi connectivity index (χ2n) is 8.04. The van der Waals surface area contributed by atoms with Crippen LogP contribution in [0.1, 0.15) is 37.7 Å². The number of nitrogens with one attached hydrogen (secondary N) is 1. The summed E-state index contributed by atoms with van der Waals surface area (Å²) < 4.78 is 22.7. The summed E-state index contributed by atoms with van der Waals surface area (Å²) in [6.45, 7) is 0. The number of benzene rings is 2. The normalized spacial score (nSPS) is 14.3. The molecule has 7 nitrogen and oxygen atoms in total. The highest BCUT2D eigenvalue weighted by atomic mass is 16.5. The van der Waals surface area contributed by atoms with E-state index in [2.05, 4.69) is 4.98 Å². The van der Waals surface area contributed by atoms with Crippen molar-refractivity contribution in [1.29, 1.82) is 0 Å². The molecule has 0 unspecified atom stereocenters. The van der Waals surface area contributed by atoms with Crippen molar-refractivity contribution in [3.63, 3.8) is 0 Å². The summed E-state index contributed by atoms with van der Waals surface area (Å²) in [5.74, 6) is 1.47. The molecule has 3 aromatic rings. The van der Waals surface area contributed by atoms with Gasteiger partial charge in [-0.25, -0.2) is 0 Å². The van der Waals surface area contributed by atoms with E-state index in [1.807, 2.05) is 18.2 Å². The third kappa shape index (κ3) is 4.33. The summed E-state index contributed by atoms with van der Waals surface area (Å²) in [4.78, 5) is 15.1. The van der Waals surface area contributed by atoms with Gasteiger partial charge in [-0.3, -0.25) is 4.79 Å². The molecule has 0 spiro atoms. The van der Waals surface area contributed by atoms with Gasteiger partial charge in [0.15, 0.2) is 11.5 Å². The molecule has 4 rings (SSSR count). The van der Waals surface area contributed by atoms with Crippen LogP contribution in [0.25, 0.3) is 22.2 Å². The number of carboxylic acid groups (broad SMARTS) is 1. The molecule has 7 heteroatoms. The molecule has 0 atom stereocenters. The number of aromatic nitrogens is 1. The number of aliphatic carboxylic acids is 1. The Hall–Kier alpha value is -3.35. The highest BCUT2D eigenvalue weighted by Gasteiger charge is 2.22. The third-order valence-corrected chi connectivity index (χ3v) is 6.04. The van der Waals surface area contributed by atoms with Gasteiger partial charge in [-0.05, 0) is 55.5 Å². The van der Waals surface area contributed by atoms with Crippen molar-refractivity contribution in [3.8, 4) is 34.3 Å². The molecule has 1 saturated carbocycles. The van der Waals surface area contributed by atoms with Crippen molar-refractivity contribution in [2.75, 3.05) is 21.3 Å². The number of aromatic amines is 1. The van der Waals surface area contributed by atoms with Gasteiger partial charge in [-0.1, -0.05) is 6.42 Å². The molecular formula is C25H29NO6. The van der Waals surface area contributed by atoms with Gasteiger partial charge in [0, 0.05) is 22.5 Å². The highest BCUT2D eigenvalue weighted by molar-refractivity contribution is 5.96. The molecule has 0 amide bonds. The molecule has 1 heterocycles. The van der Waals surface area contributed by atoms with Gasteiger partial charge in [0.1, 0.15) is 11.5 Å². The highest BCUT2D eigenvalue weighted by Crippen LogP contribution is 2.43. The van der Waals surface area contributed by atoms with Crippen LogP contribution in [-0.4, -0.2) is 43.5 Å². The Bertz CT molecular complexity index is 1110. The second-order valence-corrected chi connectivity index (χ2v) is 8.04. The minimum Gasteiger partial charge on any atom is -0.496 e. The number of fused-ring (bicyclic) bond motifs is 1. The lowest BCUT2D eigenvalue weighted by molar-refractivity contribution is -0.136. The number of carboxylic acids is 1. The van der Waals surface area contributed by atoms with Crippen molar-refractivity contribution < 1.29 is 28.8 Å². The van der Waals surface area contributed by atoms with Crippen molar-refractivity contribution in [2.45, 2.75) is 44.6 Å². The van der Waals surface area contributed by atoms with Gasteiger partial charge >= 0.3 is 5.97 Å². The van der Waals surface area contributed by atoms with Gasteiger partial charge in [0.05, 0.1) is 39.5 Å². The quantitative estimate of drug-likeness (QED) is 0.501. The molecule has 170 valence electrons. The van der Waals surface area contributed by atoms with Crippen LogP contribution in [0.3, 0.4) is 0 Å². The molecule has 1 fully saturated rings. The standard InChI is InChI=1S/C25H29NO6/c1-29-21-14-23(31-3)22(30-2)12-19(21)25-18(13-24(27)28)17-11-16(9-10-20(17)26-25)32-15-7-5-4-6-8-15/h9-12,14-15,26H,4-8,13H2,1-3H3,(H,27,28). The van der Waals surface area contributed by atoms with Crippen LogP contribution in [0.15, 0.2) is 30.3 Å². The summed E-state index contributed by atoms with van der Waals surface area (Å²) in [5, 5.41) is 10.5. The molecule has 1 aliphatic carbocycles. The fourth-order valence-corrected chi connectivity index (χ4v) is 4.46. The lowest BCUT2D eigenvalue weighted by Gasteiger charge is -2.23. The lowest BCUT2D eigenvalue weighted by Crippen LogP contribution is -2.19. The van der Waals surface area contributed by atoms with E-state index in [1.165, 1.54) is 19.3 Å². The van der Waals surface area contributed by atoms with Crippen molar-refractivity contribution in [1.82, 2.24) is 4.98 Å². The molecule has 1 aliphatic rings. The Labute approximate surface area is 187 Å². The molecule has 0 saturated heterocycles. The lowest BCUT2D eigenvalue weighted by atomic mass is 9.97. The molecule has 32 heavy (non-hydrogen) atoms. The monoisotopic (exact) mass is 439 g/mol. The largest absolute Gasteiger partial charge is 0.496 e. The number of ether oxygens (including phenoxy) is 4. The topological polar surface area (TPSA) is 90.0 Å². The van der Waals surface area contributed by atoms with E-state index in [4.69, 9.17) is 18.9 Å². The van der Waals surface area contributed by atoms with E-state index in [0.29, 0.717) is 34.1 Å². The van der Waals surface area contributed by atoms with Crippen LogP contribution >= 0.6 is 0 Å². The fourth-order valence-electron chi connectivity index (χ4n) is 4.46. The van der Waals surface area contributed by atoms with E-state index in [0.717, 1.165) is 29.5 Å². The van der Waals surface area contributed by atoms with Crippen LogP contribution < -0.4 is 18.9 Å². The first-order valence-corrected chi connectivity index (χ1v) is 10.9. The summed E-state index contributed by atoms with van der Waals surface area (Å²) in [7, 11) is 4.69. The van der Waals surface area contributed by atoms with Crippen LogP contribution in [0.5, 0.6) is 23.0 Å². The Morgan fingerprint density at radius 3 is 2.31 bits per heavy atom. The maximum absolute atomic E-state index is 11.8. The van der Waals surface area contributed by atoms with Crippen LogP contribution in [0, 0.1) is 0 Å². The Balaban J connectivity index is 1.83. The van der Waals surface area contributed by atoms with E-state index in [9.17, 15) is 9.90 Å². The number of hydrogen-bond acceptors (Lipinski definition) is 5. The SMILES string of the molecule is COc1cc(OC)c(-c2[nH]c3ccc(OC4CCCCC4)cc3c2CC(=O)O)cc1OC. The number of rotatable bonds is 8. The number of hydrogen-bond donors (Lipinski definition) is 2. The zero-order valence-corrected chi connectivity index (χ0v) is 18.7. The van der Waals surface area contributed by atoms with Crippen LogP contribution in [0.4, 0.5) is 0 Å². The first-order chi connectivity index (χ1) is 15.5. The Morgan fingerprint density at radius 1 is 0.969 bits per heavy atom. The van der Waals surface area contributed by atoms with Crippen molar-refractivity contribution >= 4 is 16.9 Å². The number of carbonyl (C=O) groups is 1. The van der Waals surface area contributed by atoms with E-state index >= 15 is 0 Å². The fraction of sp³-hybridized carbons (Fsp3) is 0.400. The molecular weight excluding hydrogens is 410 g/mol. The zero-order valence-electron chi connectivity index (χ0n) is 18.7. The smallest absolute Gasteiger partial charge is 0.307 e. The molecule has 1 aromatic heterocycles. The minimum absolute atomic E-state index is 0.139. The Morgan fingerprint density at radius 2 is 1.66 bits per heavy atom. The first-order valence-electron chi connectivity index (χ1n) is 10.9. The molecule has 0 bridgehead atoms. The molecule has 2 aromatic carbocycles. The minimum atomic E-state index is -0.912. The van der Waals surface area contributed by atoms with Gasteiger partial charge in [-0.2, -0.15) is 0 Å². The predicted molar refractivity (Wildman–Crippen MR) is 122 cm³/mol. The van der Waals surface area contributed by atoms with Gasteiger partial charge < -0.3 is 29.0 Å². The second kappa shape index (κ2) is 9.42. The van der Waals surface area contributed by atoms with Gasteiger partial charge in [0.25, 0.3) is 0 Å². The average molecular weight is 440 g/mol. The summed E-state index contributed by atoms with van der Waals surface area (Å²) in [5.41, 5.74) is 2.89. The van der Waals surface area contributed by atoms with Crippen molar-refractivity contribution in [2.24, 2.45) is 0 Å². The molecule has 0 aliphatic heterocycles. The van der Waals surface area contributed by atoms with Crippen LogP contribution in [0.2, 0.25) is 0 Å². The maximum atomic E-state index is 11.8. The van der Waals surface area contributed by atoms with E-state index in [1.54, 1.807) is 33.5 Å². The van der Waals surface area contributed by atoms with E-state index in [-0.39, 0.29) is 12.5 Å². The number of methoxy groups -OCH3 is 3. The predicted octanol–water partition coefficient (Wildman–Crippen LogP) is 5.20. The third-order valence-electron chi connectivity index (χ3n) is 6.04. The number of H-pyrrole nitrogens is 1. The first kappa shape index (κ1) is 21.9. The Kier molecular flexibility index (Phi) is 6.44. The average Bonchev–Trinajstić information content (AvgIpc) is 3.15. The molecule has 0 radical (unpaired) electrons.